The third-order valence-electron chi connectivity index (χ3n) is 3.38. The van der Waals surface area contributed by atoms with Gasteiger partial charge in [0.25, 0.3) is 0 Å². The lowest BCUT2D eigenvalue weighted by Gasteiger charge is -2.19. The summed E-state index contributed by atoms with van der Waals surface area (Å²) in [5.41, 5.74) is 0. The van der Waals surface area contributed by atoms with Gasteiger partial charge in [0, 0.05) is 31.1 Å². The summed E-state index contributed by atoms with van der Waals surface area (Å²) in [7, 11) is 3.97. The van der Waals surface area contributed by atoms with Crippen LogP contribution in [0.15, 0.2) is 24.3 Å². The normalized spacial score (nSPS) is 18.1. The molecule has 1 unspecified atom stereocenters. The Balaban J connectivity index is 1.75. The Bertz CT molecular complexity index is 464. The first kappa shape index (κ1) is 15.9. The Morgan fingerprint density at radius 2 is 2.14 bits per heavy atom. The van der Waals surface area contributed by atoms with Crippen LogP contribution in [0.5, 0.6) is 5.75 Å². The molecule has 0 bridgehead atoms. The highest BCUT2D eigenvalue weighted by Crippen LogP contribution is 2.20. The maximum Gasteiger partial charge on any atom is 0.317 e. The molecule has 0 saturated carbocycles. The Morgan fingerprint density at radius 3 is 2.81 bits per heavy atom. The number of nitrogens with one attached hydrogen (secondary N) is 1. The van der Waals surface area contributed by atoms with Crippen molar-refractivity contribution in [2.24, 2.45) is 0 Å². The largest absolute Gasteiger partial charge is 0.489 e. The van der Waals surface area contributed by atoms with Gasteiger partial charge in [0.15, 0.2) is 0 Å². The summed E-state index contributed by atoms with van der Waals surface area (Å²) in [4.78, 5) is 15.8. The predicted octanol–water partition coefficient (Wildman–Crippen LogP) is 2.06. The summed E-state index contributed by atoms with van der Waals surface area (Å²) in [5, 5.41) is 3.61. The molecule has 2 rings (SSSR count). The fourth-order valence-corrected chi connectivity index (χ4v) is 2.34. The van der Waals surface area contributed by atoms with Crippen LogP contribution in [0.1, 0.15) is 6.42 Å². The van der Waals surface area contributed by atoms with E-state index in [1.807, 2.05) is 31.1 Å². The van der Waals surface area contributed by atoms with Gasteiger partial charge in [-0.25, -0.2) is 4.79 Å². The number of rotatable bonds is 5. The van der Waals surface area contributed by atoms with Gasteiger partial charge in [-0.1, -0.05) is 11.6 Å². The minimum absolute atomic E-state index is 0.0148. The number of likely N-dealkylation sites (N-methyl/N-ethyl adjacent to an activating group) is 1. The molecule has 6 heteroatoms. The highest BCUT2D eigenvalue weighted by molar-refractivity contribution is 6.30. The van der Waals surface area contributed by atoms with E-state index in [1.165, 1.54) is 0 Å². The SMILES string of the molecule is CN(C)CCNC(=O)N1CCC(Oc2ccc(Cl)cc2)C1. The molecule has 0 aliphatic carbocycles. The van der Waals surface area contributed by atoms with E-state index in [0.717, 1.165) is 25.3 Å². The molecule has 5 nitrogen and oxygen atoms in total. The molecule has 1 fully saturated rings. The zero-order valence-electron chi connectivity index (χ0n) is 12.5. The molecule has 1 aliphatic heterocycles. The fourth-order valence-electron chi connectivity index (χ4n) is 2.21. The number of benzene rings is 1. The average Bonchev–Trinajstić information content (AvgIpc) is 2.89. The van der Waals surface area contributed by atoms with Crippen LogP contribution >= 0.6 is 11.6 Å². The van der Waals surface area contributed by atoms with Crippen molar-refractivity contribution in [2.45, 2.75) is 12.5 Å². The van der Waals surface area contributed by atoms with E-state index < -0.39 is 0 Å². The molecule has 1 heterocycles. The van der Waals surface area contributed by atoms with Gasteiger partial charge < -0.3 is 19.9 Å². The molecule has 2 amide bonds. The van der Waals surface area contributed by atoms with Crippen LogP contribution in [-0.4, -0.2) is 62.2 Å². The van der Waals surface area contributed by atoms with Gasteiger partial charge in [-0.2, -0.15) is 0 Å². The molecular weight excluding hydrogens is 290 g/mol. The number of nitrogens with zero attached hydrogens (tertiary/aromatic N) is 2. The molecule has 1 aliphatic rings. The second kappa shape index (κ2) is 7.52. The molecule has 0 radical (unpaired) electrons. The summed E-state index contributed by atoms with van der Waals surface area (Å²) in [6.07, 6.45) is 0.898. The van der Waals surface area contributed by atoms with E-state index in [9.17, 15) is 4.79 Å². The zero-order valence-corrected chi connectivity index (χ0v) is 13.3. The first-order valence-corrected chi connectivity index (χ1v) is 7.52. The number of urea groups is 1. The third kappa shape index (κ3) is 5.10. The fraction of sp³-hybridized carbons (Fsp3) is 0.533. The lowest BCUT2D eigenvalue weighted by molar-refractivity contribution is 0.186. The number of hydrogen-bond donors (Lipinski definition) is 1. The van der Waals surface area contributed by atoms with Gasteiger partial charge in [0.1, 0.15) is 11.9 Å². The van der Waals surface area contributed by atoms with Gasteiger partial charge >= 0.3 is 6.03 Å². The molecule has 0 aromatic heterocycles. The Morgan fingerprint density at radius 1 is 1.43 bits per heavy atom. The second-order valence-corrected chi connectivity index (χ2v) is 5.90. The Kier molecular flexibility index (Phi) is 5.70. The summed E-state index contributed by atoms with van der Waals surface area (Å²) >= 11 is 5.84. The molecule has 21 heavy (non-hydrogen) atoms. The smallest absolute Gasteiger partial charge is 0.317 e. The van der Waals surface area contributed by atoms with Crippen molar-refractivity contribution in [1.82, 2.24) is 15.1 Å². The van der Waals surface area contributed by atoms with Gasteiger partial charge in [-0.05, 0) is 38.4 Å². The Hall–Kier alpha value is -1.46. The summed E-state index contributed by atoms with van der Waals surface area (Å²) in [6, 6.07) is 7.29. The van der Waals surface area contributed by atoms with Crippen molar-refractivity contribution in [2.75, 3.05) is 40.3 Å². The molecular formula is C15H22ClN3O2. The van der Waals surface area contributed by atoms with Crippen molar-refractivity contribution < 1.29 is 9.53 Å². The van der Waals surface area contributed by atoms with Crippen molar-refractivity contribution in [3.8, 4) is 5.75 Å². The molecule has 116 valence electrons. The van der Waals surface area contributed by atoms with Crippen LogP contribution < -0.4 is 10.1 Å². The zero-order chi connectivity index (χ0) is 15.2. The number of ether oxygens (including phenoxy) is 1. The lowest BCUT2D eigenvalue weighted by Crippen LogP contribution is -2.41. The van der Waals surface area contributed by atoms with Crippen LogP contribution in [0.2, 0.25) is 5.02 Å². The van der Waals surface area contributed by atoms with Crippen molar-refractivity contribution in [3.63, 3.8) is 0 Å². The number of amides is 2. The van der Waals surface area contributed by atoms with Crippen LogP contribution in [0, 0.1) is 0 Å². The minimum Gasteiger partial charge on any atom is -0.489 e. The van der Waals surface area contributed by atoms with Crippen molar-refractivity contribution in [3.05, 3.63) is 29.3 Å². The molecule has 1 saturated heterocycles. The first-order chi connectivity index (χ1) is 10.0. The van der Waals surface area contributed by atoms with Gasteiger partial charge in [-0.3, -0.25) is 0 Å². The monoisotopic (exact) mass is 311 g/mol. The number of carbonyl (C=O) groups excluding carboxylic acids is 1. The van der Waals surface area contributed by atoms with Gasteiger partial charge in [-0.15, -0.1) is 0 Å². The van der Waals surface area contributed by atoms with E-state index in [-0.39, 0.29) is 12.1 Å². The highest BCUT2D eigenvalue weighted by Gasteiger charge is 2.27. The van der Waals surface area contributed by atoms with Crippen LogP contribution in [0.25, 0.3) is 0 Å². The van der Waals surface area contributed by atoms with Crippen molar-refractivity contribution >= 4 is 17.6 Å². The summed E-state index contributed by atoms with van der Waals surface area (Å²) < 4.78 is 5.86. The maximum absolute atomic E-state index is 12.0. The number of halogens is 1. The number of carbonyl (C=O) groups is 1. The van der Waals surface area contributed by atoms with E-state index in [4.69, 9.17) is 16.3 Å². The molecule has 0 spiro atoms. The molecule has 1 N–H and O–H groups in total. The average molecular weight is 312 g/mol. The summed E-state index contributed by atoms with van der Waals surface area (Å²) in [5.74, 6) is 0.791. The van der Waals surface area contributed by atoms with Crippen molar-refractivity contribution in [1.29, 1.82) is 0 Å². The number of likely N-dealkylation sites (tertiary alicyclic amines) is 1. The summed E-state index contributed by atoms with van der Waals surface area (Å²) in [6.45, 7) is 2.85. The van der Waals surface area contributed by atoms with Gasteiger partial charge in [0.05, 0.1) is 6.54 Å². The predicted molar refractivity (Wildman–Crippen MR) is 84.0 cm³/mol. The topological polar surface area (TPSA) is 44.8 Å². The van der Waals surface area contributed by atoms with E-state index >= 15 is 0 Å². The van der Waals surface area contributed by atoms with Crippen LogP contribution in [-0.2, 0) is 0 Å². The molecule has 1 atom stereocenters. The quantitative estimate of drug-likeness (QED) is 0.905. The Labute approximate surface area is 130 Å². The van der Waals surface area contributed by atoms with E-state index in [0.29, 0.717) is 18.1 Å². The van der Waals surface area contributed by atoms with Crippen LogP contribution in [0.4, 0.5) is 4.79 Å². The minimum atomic E-state index is -0.0148. The van der Waals surface area contributed by atoms with E-state index in [2.05, 4.69) is 5.32 Å². The molecule has 1 aromatic rings. The lowest BCUT2D eigenvalue weighted by atomic mass is 10.3. The number of hydrogen-bond acceptors (Lipinski definition) is 3. The van der Waals surface area contributed by atoms with E-state index in [1.54, 1.807) is 17.0 Å². The maximum atomic E-state index is 12.0. The standard InChI is InChI=1S/C15H22ClN3O2/c1-18(2)10-8-17-15(20)19-9-7-14(11-19)21-13-5-3-12(16)4-6-13/h3-6,14H,7-11H2,1-2H3,(H,17,20). The second-order valence-electron chi connectivity index (χ2n) is 5.46. The third-order valence-corrected chi connectivity index (χ3v) is 3.64. The highest BCUT2D eigenvalue weighted by atomic mass is 35.5. The van der Waals surface area contributed by atoms with Gasteiger partial charge in [0.2, 0.25) is 0 Å². The van der Waals surface area contributed by atoms with Crippen LogP contribution in [0.3, 0.4) is 0 Å². The molecule has 1 aromatic carbocycles. The first-order valence-electron chi connectivity index (χ1n) is 7.14.